The van der Waals surface area contributed by atoms with Crippen molar-refractivity contribution in [3.05, 3.63) is 65.3 Å². The van der Waals surface area contributed by atoms with Gasteiger partial charge in [-0.1, -0.05) is 24.3 Å². The molecule has 1 aromatic carbocycles. The van der Waals surface area contributed by atoms with Gasteiger partial charge in [0.2, 0.25) is 11.7 Å². The zero-order chi connectivity index (χ0) is 22.2. The van der Waals surface area contributed by atoms with E-state index in [2.05, 4.69) is 20.7 Å². The van der Waals surface area contributed by atoms with Crippen molar-refractivity contribution >= 4 is 17.5 Å². The molecule has 5 rings (SSSR count). The Labute approximate surface area is 182 Å². The van der Waals surface area contributed by atoms with Gasteiger partial charge in [-0.2, -0.15) is 0 Å². The maximum atomic E-state index is 14.1. The monoisotopic (exact) mass is 441 g/mol. The summed E-state index contributed by atoms with van der Waals surface area (Å²) in [5.41, 5.74) is 0.288. The molecule has 1 aliphatic carbocycles. The normalized spacial score (nSPS) is 24.3. The lowest BCUT2D eigenvalue weighted by molar-refractivity contribution is -0.118. The number of fused-ring (bicyclic) bond motifs is 2. The average Bonchev–Trinajstić information content (AvgIpc) is 3.17. The highest BCUT2D eigenvalue weighted by atomic mass is 19.1. The van der Waals surface area contributed by atoms with Gasteiger partial charge in [-0.05, 0) is 30.9 Å². The fourth-order valence-corrected chi connectivity index (χ4v) is 4.27. The third-order valence-electron chi connectivity index (χ3n) is 5.87. The van der Waals surface area contributed by atoms with Crippen LogP contribution < -0.4 is 10.6 Å². The van der Waals surface area contributed by atoms with Crippen LogP contribution in [0.1, 0.15) is 41.0 Å². The molecule has 0 saturated heterocycles. The van der Waals surface area contributed by atoms with Gasteiger partial charge in [0.15, 0.2) is 5.82 Å². The highest BCUT2D eigenvalue weighted by Crippen LogP contribution is 2.33. The third-order valence-corrected chi connectivity index (χ3v) is 5.87. The molecule has 0 spiro atoms. The maximum Gasteiger partial charge on any atom is 0.291 e. The lowest BCUT2D eigenvalue weighted by Gasteiger charge is -2.28. The number of carbonyl (C=O) groups excluding carboxylic acids is 2. The van der Waals surface area contributed by atoms with E-state index in [-0.39, 0.29) is 36.4 Å². The summed E-state index contributed by atoms with van der Waals surface area (Å²) in [4.78, 5) is 29.8. The summed E-state index contributed by atoms with van der Waals surface area (Å²) < 4.78 is 35.2. The van der Waals surface area contributed by atoms with Gasteiger partial charge < -0.3 is 15.4 Å². The Kier molecular flexibility index (Phi) is 5.30. The van der Waals surface area contributed by atoms with Crippen molar-refractivity contribution in [2.45, 2.75) is 38.0 Å². The Hall–Kier alpha value is -3.40. The Bertz CT molecular complexity index is 1140. The van der Waals surface area contributed by atoms with Crippen LogP contribution in [0.15, 0.2) is 36.4 Å². The molecule has 10 heteroatoms. The van der Waals surface area contributed by atoms with E-state index in [9.17, 15) is 18.4 Å². The first kappa shape index (κ1) is 20.5. The first-order valence-electron chi connectivity index (χ1n) is 10.5. The van der Waals surface area contributed by atoms with Crippen LogP contribution >= 0.6 is 0 Å². The number of allylic oxidation sites excluding steroid dienone is 3. The van der Waals surface area contributed by atoms with Gasteiger partial charge in [0.1, 0.15) is 23.8 Å². The van der Waals surface area contributed by atoms with E-state index in [1.54, 1.807) is 4.68 Å². The number of benzene rings is 1. The average molecular weight is 441 g/mol. The number of hydrogen-bond donors (Lipinski definition) is 2. The molecular weight excluding hydrogens is 420 g/mol. The fourth-order valence-electron chi connectivity index (χ4n) is 4.27. The maximum absolute atomic E-state index is 14.1. The number of aromatic nitrogens is 3. The molecule has 2 aliphatic heterocycles. The molecule has 2 aromatic rings. The van der Waals surface area contributed by atoms with E-state index >= 15 is 0 Å². The van der Waals surface area contributed by atoms with Crippen LogP contribution in [0.2, 0.25) is 0 Å². The molecule has 0 radical (unpaired) electrons. The number of hydrogen-bond acceptors (Lipinski definition) is 5. The molecule has 0 saturated carbocycles. The third kappa shape index (κ3) is 3.81. The molecule has 166 valence electrons. The van der Waals surface area contributed by atoms with E-state index in [0.29, 0.717) is 30.6 Å². The van der Waals surface area contributed by atoms with Crippen molar-refractivity contribution in [3.8, 4) is 0 Å². The van der Waals surface area contributed by atoms with E-state index in [4.69, 9.17) is 4.74 Å². The summed E-state index contributed by atoms with van der Waals surface area (Å²) in [5.74, 6) is -2.14. The quantitative estimate of drug-likeness (QED) is 0.763. The van der Waals surface area contributed by atoms with Crippen LogP contribution in [0.3, 0.4) is 0 Å². The molecule has 3 aliphatic rings. The van der Waals surface area contributed by atoms with Crippen molar-refractivity contribution in [2.75, 3.05) is 11.9 Å². The lowest BCUT2D eigenvalue weighted by atomic mass is 9.93. The smallest absolute Gasteiger partial charge is 0.291 e. The Morgan fingerprint density at radius 2 is 2.16 bits per heavy atom. The molecule has 3 atom stereocenters. The van der Waals surface area contributed by atoms with Crippen LogP contribution in [-0.2, 0) is 22.5 Å². The minimum Gasteiger partial charge on any atom is -0.368 e. The molecule has 0 bridgehead atoms. The lowest BCUT2D eigenvalue weighted by Crippen LogP contribution is -2.43. The summed E-state index contributed by atoms with van der Waals surface area (Å²) >= 11 is 0. The van der Waals surface area contributed by atoms with Gasteiger partial charge in [0.05, 0.1) is 18.8 Å². The van der Waals surface area contributed by atoms with Crippen LogP contribution in [0, 0.1) is 17.6 Å². The van der Waals surface area contributed by atoms with Gasteiger partial charge in [0.25, 0.3) is 5.91 Å². The first-order valence-corrected chi connectivity index (χ1v) is 10.5. The zero-order valence-electron chi connectivity index (χ0n) is 17.1. The molecule has 1 aromatic heterocycles. The predicted octanol–water partition coefficient (Wildman–Crippen LogP) is 2.44. The number of anilines is 1. The summed E-state index contributed by atoms with van der Waals surface area (Å²) in [7, 11) is 0. The van der Waals surface area contributed by atoms with Crippen LogP contribution in [0.25, 0.3) is 0 Å². The summed E-state index contributed by atoms with van der Waals surface area (Å²) in [6, 6.07) is 0.965. The van der Waals surface area contributed by atoms with Crippen molar-refractivity contribution in [1.29, 1.82) is 0 Å². The number of halogens is 2. The topological polar surface area (TPSA) is 98.1 Å². The number of nitrogens with zero attached hydrogens (tertiary/aromatic N) is 3. The molecule has 3 heterocycles. The van der Waals surface area contributed by atoms with E-state index in [0.717, 1.165) is 6.42 Å². The molecule has 2 amide bonds. The number of rotatable bonds is 3. The minimum absolute atomic E-state index is 0.0571. The number of ether oxygens (including phenoxy) is 1. The first-order chi connectivity index (χ1) is 15.5. The number of aryl methyl sites for hydroxylation is 1. The van der Waals surface area contributed by atoms with Crippen molar-refractivity contribution in [2.24, 2.45) is 5.92 Å². The van der Waals surface area contributed by atoms with E-state index in [1.165, 1.54) is 6.07 Å². The van der Waals surface area contributed by atoms with Gasteiger partial charge in [0, 0.05) is 12.0 Å². The van der Waals surface area contributed by atoms with Crippen molar-refractivity contribution in [1.82, 2.24) is 20.1 Å². The summed E-state index contributed by atoms with van der Waals surface area (Å²) in [6.45, 7) is 0.935. The molecule has 2 N–H and O–H groups in total. The van der Waals surface area contributed by atoms with Crippen molar-refractivity contribution in [3.63, 3.8) is 0 Å². The summed E-state index contributed by atoms with van der Waals surface area (Å²) in [5, 5.41) is 9.38. The van der Waals surface area contributed by atoms with Crippen LogP contribution in [-0.4, -0.2) is 39.2 Å². The highest BCUT2D eigenvalue weighted by Gasteiger charge is 2.33. The number of amides is 2. The van der Waals surface area contributed by atoms with E-state index in [1.807, 2.05) is 24.3 Å². The Morgan fingerprint density at radius 3 is 2.97 bits per heavy atom. The standard InChI is InChI=1S/C22H21F2N5O3/c23-14-10-13-6-7-16(21(30)26-17(13)15(24)11-14)25-22(31)19-27-20-18(12-4-2-1-3-5-12)32-9-8-29(20)28-19/h1-4,10-12,16,18H,5-9H2,(H,25,31)(H,26,30)/t12?,16-,18-/m0/s1. The molecule has 0 fully saturated rings. The van der Waals surface area contributed by atoms with Crippen LogP contribution in [0.4, 0.5) is 14.5 Å². The summed E-state index contributed by atoms with van der Waals surface area (Å²) in [6.07, 6.45) is 8.92. The van der Waals surface area contributed by atoms with Gasteiger partial charge in [-0.3, -0.25) is 9.59 Å². The number of nitrogens with one attached hydrogen (secondary N) is 2. The SMILES string of the molecule is O=C(N[C@H]1CCc2cc(F)cc(F)c2NC1=O)c1nc2n(n1)CCO[C@H]2C1C=CC=CC1. The highest BCUT2D eigenvalue weighted by molar-refractivity contribution is 6.00. The van der Waals surface area contributed by atoms with Crippen LogP contribution in [0.5, 0.6) is 0 Å². The second-order valence-corrected chi connectivity index (χ2v) is 8.00. The zero-order valence-corrected chi connectivity index (χ0v) is 17.1. The Balaban J connectivity index is 1.32. The largest absolute Gasteiger partial charge is 0.368 e. The fraction of sp³-hybridized carbons (Fsp3) is 0.364. The molecule has 1 unspecified atom stereocenters. The molecule has 32 heavy (non-hydrogen) atoms. The van der Waals surface area contributed by atoms with Crippen molar-refractivity contribution < 1.29 is 23.1 Å². The second-order valence-electron chi connectivity index (χ2n) is 8.00. The van der Waals surface area contributed by atoms with Gasteiger partial charge in [-0.15, -0.1) is 5.10 Å². The molecular formula is C22H21F2N5O3. The second kappa shape index (κ2) is 8.27. The van der Waals surface area contributed by atoms with Gasteiger partial charge in [-0.25, -0.2) is 18.4 Å². The predicted molar refractivity (Wildman–Crippen MR) is 110 cm³/mol. The Morgan fingerprint density at radius 1 is 1.28 bits per heavy atom. The minimum atomic E-state index is -0.934. The molecule has 8 nitrogen and oxygen atoms in total. The van der Waals surface area contributed by atoms with Gasteiger partial charge >= 0.3 is 0 Å². The number of carbonyl (C=O) groups is 2. The van der Waals surface area contributed by atoms with E-state index < -0.39 is 29.5 Å².